The minimum atomic E-state index is -1.52. The van der Waals surface area contributed by atoms with E-state index in [0.29, 0.717) is 17.0 Å². The van der Waals surface area contributed by atoms with E-state index in [1.807, 2.05) is 0 Å². The molecule has 1 unspecified atom stereocenters. The van der Waals surface area contributed by atoms with Crippen molar-refractivity contribution in [2.24, 2.45) is 5.73 Å². The number of aliphatic hydroxyl groups excluding tert-OH is 1. The predicted octanol–water partition coefficient (Wildman–Crippen LogP) is 1.26. The SMILES string of the molecule is C=C(C#N)C(O)c1nc(Nc2ccc(C(=O)NC3CCN(C)CC3)cc2OC)ncc1C(N)=O. The zero-order valence-electron chi connectivity index (χ0n) is 19.0. The highest BCUT2D eigenvalue weighted by Crippen LogP contribution is 2.29. The number of anilines is 2. The zero-order chi connectivity index (χ0) is 24.8. The Labute approximate surface area is 197 Å². The molecular weight excluding hydrogens is 438 g/mol. The summed E-state index contributed by atoms with van der Waals surface area (Å²) in [5.74, 6) is -0.667. The number of benzene rings is 1. The lowest BCUT2D eigenvalue weighted by atomic mass is 10.0. The smallest absolute Gasteiger partial charge is 0.252 e. The number of piperidine rings is 1. The zero-order valence-corrected chi connectivity index (χ0v) is 19.0. The first-order chi connectivity index (χ1) is 16.2. The normalized spacial score (nSPS) is 15.1. The van der Waals surface area contributed by atoms with Crippen LogP contribution in [0.3, 0.4) is 0 Å². The maximum atomic E-state index is 12.7. The number of primary amides is 1. The Bertz CT molecular complexity index is 1140. The molecule has 1 atom stereocenters. The summed E-state index contributed by atoms with van der Waals surface area (Å²) in [7, 11) is 3.52. The van der Waals surface area contributed by atoms with Crippen LogP contribution < -0.4 is 21.1 Å². The average molecular weight is 466 g/mol. The molecule has 178 valence electrons. The summed E-state index contributed by atoms with van der Waals surface area (Å²) in [6, 6.07) is 6.72. The molecule has 0 bridgehead atoms. The Morgan fingerprint density at radius 1 is 1.38 bits per heavy atom. The first-order valence-electron chi connectivity index (χ1n) is 10.6. The number of hydrogen-bond acceptors (Lipinski definition) is 9. The molecule has 1 saturated heterocycles. The van der Waals surface area contributed by atoms with Crippen LogP contribution in [0.1, 0.15) is 45.4 Å². The van der Waals surface area contributed by atoms with Crippen molar-refractivity contribution < 1.29 is 19.4 Å². The van der Waals surface area contributed by atoms with Gasteiger partial charge in [-0.25, -0.2) is 9.97 Å². The van der Waals surface area contributed by atoms with E-state index in [2.05, 4.69) is 39.1 Å². The van der Waals surface area contributed by atoms with Crippen LogP contribution >= 0.6 is 0 Å². The van der Waals surface area contributed by atoms with Gasteiger partial charge in [-0.3, -0.25) is 9.59 Å². The van der Waals surface area contributed by atoms with Gasteiger partial charge in [0.05, 0.1) is 35.7 Å². The summed E-state index contributed by atoms with van der Waals surface area (Å²) in [6.07, 6.45) is 1.41. The Hall–Kier alpha value is -4.01. The number of rotatable bonds is 8. The molecule has 1 aromatic heterocycles. The van der Waals surface area contributed by atoms with Crippen molar-refractivity contribution in [2.75, 3.05) is 32.6 Å². The van der Waals surface area contributed by atoms with E-state index in [4.69, 9.17) is 15.7 Å². The fourth-order valence-corrected chi connectivity index (χ4v) is 3.56. The summed E-state index contributed by atoms with van der Waals surface area (Å²) in [6.45, 7) is 5.33. The first kappa shape index (κ1) is 24.6. The monoisotopic (exact) mass is 465 g/mol. The lowest BCUT2D eigenvalue weighted by Crippen LogP contribution is -2.43. The molecule has 5 N–H and O–H groups in total. The molecule has 0 radical (unpaired) electrons. The highest BCUT2D eigenvalue weighted by atomic mass is 16.5. The van der Waals surface area contributed by atoms with Crippen LogP contribution in [-0.2, 0) is 0 Å². The number of hydrogen-bond donors (Lipinski definition) is 4. The van der Waals surface area contributed by atoms with Gasteiger partial charge in [0.1, 0.15) is 11.9 Å². The number of aliphatic hydroxyl groups is 1. The minimum Gasteiger partial charge on any atom is -0.495 e. The van der Waals surface area contributed by atoms with E-state index in [1.54, 1.807) is 24.3 Å². The van der Waals surface area contributed by atoms with E-state index in [9.17, 15) is 14.7 Å². The molecule has 2 heterocycles. The Morgan fingerprint density at radius 2 is 2.09 bits per heavy atom. The molecule has 3 rings (SSSR count). The number of carbonyl (C=O) groups excluding carboxylic acids is 2. The molecule has 1 fully saturated rings. The molecule has 11 heteroatoms. The molecule has 11 nitrogen and oxygen atoms in total. The van der Waals surface area contributed by atoms with Crippen LogP contribution in [-0.4, -0.2) is 65.1 Å². The maximum absolute atomic E-state index is 12.7. The van der Waals surface area contributed by atoms with E-state index in [1.165, 1.54) is 7.11 Å². The van der Waals surface area contributed by atoms with Gasteiger partial charge in [0.2, 0.25) is 5.95 Å². The number of methoxy groups -OCH3 is 1. The van der Waals surface area contributed by atoms with Crippen molar-refractivity contribution in [1.29, 1.82) is 5.26 Å². The molecule has 1 aliphatic heterocycles. The number of nitriles is 1. The second-order valence-electron chi connectivity index (χ2n) is 7.99. The van der Waals surface area contributed by atoms with Gasteiger partial charge in [0.15, 0.2) is 0 Å². The summed E-state index contributed by atoms with van der Waals surface area (Å²) in [5, 5.41) is 25.3. The fourth-order valence-electron chi connectivity index (χ4n) is 3.56. The number of ether oxygens (including phenoxy) is 1. The van der Waals surface area contributed by atoms with Crippen molar-refractivity contribution in [2.45, 2.75) is 25.0 Å². The van der Waals surface area contributed by atoms with Crippen LogP contribution in [0.5, 0.6) is 5.75 Å². The third-order valence-corrected chi connectivity index (χ3v) is 5.58. The van der Waals surface area contributed by atoms with Crippen molar-refractivity contribution in [1.82, 2.24) is 20.2 Å². The number of carbonyl (C=O) groups is 2. The van der Waals surface area contributed by atoms with Gasteiger partial charge in [0, 0.05) is 17.8 Å². The summed E-state index contributed by atoms with van der Waals surface area (Å²) in [5.41, 5.74) is 5.74. The molecule has 34 heavy (non-hydrogen) atoms. The van der Waals surface area contributed by atoms with Crippen molar-refractivity contribution in [3.8, 4) is 11.8 Å². The van der Waals surface area contributed by atoms with Crippen molar-refractivity contribution in [3.63, 3.8) is 0 Å². The Kier molecular flexibility index (Phi) is 7.78. The number of amides is 2. The highest BCUT2D eigenvalue weighted by Gasteiger charge is 2.23. The summed E-state index contributed by atoms with van der Waals surface area (Å²) < 4.78 is 5.42. The maximum Gasteiger partial charge on any atom is 0.252 e. The molecule has 2 aromatic rings. The van der Waals surface area contributed by atoms with Gasteiger partial charge in [-0.15, -0.1) is 0 Å². The predicted molar refractivity (Wildman–Crippen MR) is 125 cm³/mol. The van der Waals surface area contributed by atoms with E-state index in [-0.39, 0.29) is 34.7 Å². The third kappa shape index (κ3) is 5.67. The molecule has 1 aliphatic rings. The largest absolute Gasteiger partial charge is 0.495 e. The van der Waals surface area contributed by atoms with Gasteiger partial charge in [-0.05, 0) is 51.2 Å². The molecule has 0 saturated carbocycles. The topological polar surface area (TPSA) is 166 Å². The van der Waals surface area contributed by atoms with Gasteiger partial charge < -0.3 is 31.1 Å². The third-order valence-electron chi connectivity index (χ3n) is 5.58. The molecule has 2 amide bonds. The number of aromatic nitrogens is 2. The highest BCUT2D eigenvalue weighted by molar-refractivity contribution is 5.96. The summed E-state index contributed by atoms with van der Waals surface area (Å²) in [4.78, 5) is 34.9. The Balaban J connectivity index is 1.81. The van der Waals surface area contributed by atoms with Gasteiger partial charge in [-0.1, -0.05) is 6.58 Å². The van der Waals surface area contributed by atoms with Crippen LogP contribution in [0.25, 0.3) is 0 Å². The second kappa shape index (κ2) is 10.7. The second-order valence-corrected chi connectivity index (χ2v) is 7.99. The van der Waals surface area contributed by atoms with Gasteiger partial charge in [0.25, 0.3) is 11.8 Å². The van der Waals surface area contributed by atoms with E-state index < -0.39 is 12.0 Å². The van der Waals surface area contributed by atoms with E-state index in [0.717, 1.165) is 32.1 Å². The lowest BCUT2D eigenvalue weighted by molar-refractivity contribution is 0.0915. The summed E-state index contributed by atoms with van der Waals surface area (Å²) >= 11 is 0. The van der Waals surface area contributed by atoms with Gasteiger partial charge in [-0.2, -0.15) is 5.26 Å². The molecule has 0 spiro atoms. The first-order valence-corrected chi connectivity index (χ1v) is 10.6. The van der Waals surface area contributed by atoms with E-state index >= 15 is 0 Å². The van der Waals surface area contributed by atoms with Crippen molar-refractivity contribution >= 4 is 23.5 Å². The van der Waals surface area contributed by atoms with Crippen LogP contribution in [0.15, 0.2) is 36.5 Å². The molecule has 1 aromatic carbocycles. The van der Waals surface area contributed by atoms with Crippen molar-refractivity contribution in [3.05, 3.63) is 53.4 Å². The number of nitrogens with one attached hydrogen (secondary N) is 2. The fraction of sp³-hybridized carbons (Fsp3) is 0.348. The van der Waals surface area contributed by atoms with Crippen LogP contribution in [0, 0.1) is 11.3 Å². The average Bonchev–Trinajstić information content (AvgIpc) is 2.84. The van der Waals surface area contributed by atoms with Crippen LogP contribution in [0.2, 0.25) is 0 Å². The quantitative estimate of drug-likeness (QED) is 0.420. The Morgan fingerprint density at radius 3 is 2.71 bits per heavy atom. The van der Waals surface area contributed by atoms with Crippen LogP contribution in [0.4, 0.5) is 11.6 Å². The number of likely N-dealkylation sites (tertiary alicyclic amines) is 1. The van der Waals surface area contributed by atoms with Gasteiger partial charge >= 0.3 is 0 Å². The molecule has 0 aliphatic carbocycles. The number of nitrogens with zero attached hydrogens (tertiary/aromatic N) is 4. The standard InChI is InChI=1S/C23H27N7O4/c1-13(11-24)20(31)19-16(21(25)32)12-26-23(29-19)28-17-5-4-14(10-18(17)34-3)22(33)27-15-6-8-30(2)9-7-15/h4-5,10,12,15,20,31H,1,6-9H2,2-3H3,(H2,25,32)(H,27,33)(H,26,28,29). The number of nitrogens with two attached hydrogens (primary N) is 1. The lowest BCUT2D eigenvalue weighted by Gasteiger charge is -2.29. The molecular formula is C23H27N7O4. The minimum absolute atomic E-state index is 0.0200.